The third-order valence-corrected chi connectivity index (χ3v) is 3.76. The van der Waals surface area contributed by atoms with Crippen molar-refractivity contribution in [3.63, 3.8) is 0 Å². The van der Waals surface area contributed by atoms with Crippen LogP contribution < -0.4 is 24.3 Å². The molecule has 0 heterocycles. The van der Waals surface area contributed by atoms with Crippen molar-refractivity contribution in [2.75, 3.05) is 39.4 Å². The van der Waals surface area contributed by atoms with Crippen LogP contribution in [0.4, 0.5) is 5.69 Å². The highest BCUT2D eigenvalue weighted by atomic mass is 16.5. The van der Waals surface area contributed by atoms with E-state index in [1.807, 2.05) is 6.92 Å². The number of nitrogens with one attached hydrogen (secondary N) is 1. The zero-order valence-corrected chi connectivity index (χ0v) is 16.7. The normalized spacial score (nSPS) is 10.0. The van der Waals surface area contributed by atoms with Gasteiger partial charge in [0.2, 0.25) is 0 Å². The van der Waals surface area contributed by atoms with Crippen LogP contribution in [0, 0.1) is 0 Å². The van der Waals surface area contributed by atoms with Gasteiger partial charge in [0.25, 0.3) is 5.91 Å². The van der Waals surface area contributed by atoms with Gasteiger partial charge in [-0.15, -0.1) is 0 Å². The molecule has 1 N–H and O–H groups in total. The summed E-state index contributed by atoms with van der Waals surface area (Å²) in [6.45, 7) is 2.23. The number of hydrogen-bond acceptors (Lipinski definition) is 7. The molecule has 0 aromatic heterocycles. The van der Waals surface area contributed by atoms with Gasteiger partial charge in [0.05, 0.1) is 39.5 Å². The summed E-state index contributed by atoms with van der Waals surface area (Å²) < 4.78 is 26.1. The second-order valence-corrected chi connectivity index (χ2v) is 5.78. The predicted molar refractivity (Wildman–Crippen MR) is 107 cm³/mol. The standard InChI is InChI=1S/C21H25NO7/c1-4-27-15-5-7-16(8-6-15)28-12-11-21(24)29-14-20(23)22-18-10-9-17(25-2)13-19(18)26-3/h5-10,13H,4,11-12,14H2,1-3H3,(H,22,23). The number of hydrogen-bond donors (Lipinski definition) is 1. The summed E-state index contributed by atoms with van der Waals surface area (Å²) in [5, 5.41) is 2.63. The maximum Gasteiger partial charge on any atom is 0.309 e. The van der Waals surface area contributed by atoms with Crippen LogP contribution in [0.25, 0.3) is 0 Å². The second-order valence-electron chi connectivity index (χ2n) is 5.78. The van der Waals surface area contributed by atoms with Crippen LogP contribution in [0.15, 0.2) is 42.5 Å². The van der Waals surface area contributed by atoms with Crippen molar-refractivity contribution in [3.8, 4) is 23.0 Å². The number of amides is 1. The number of carbonyl (C=O) groups excluding carboxylic acids is 2. The number of anilines is 1. The first-order valence-corrected chi connectivity index (χ1v) is 9.09. The number of benzene rings is 2. The first-order valence-electron chi connectivity index (χ1n) is 9.09. The predicted octanol–water partition coefficient (Wildman–Crippen LogP) is 3.05. The van der Waals surface area contributed by atoms with E-state index >= 15 is 0 Å². The first-order chi connectivity index (χ1) is 14.0. The van der Waals surface area contributed by atoms with E-state index in [1.54, 1.807) is 42.5 Å². The van der Waals surface area contributed by atoms with E-state index in [4.69, 9.17) is 23.7 Å². The maximum atomic E-state index is 12.0. The van der Waals surface area contributed by atoms with Crippen LogP contribution in [-0.4, -0.2) is 45.9 Å². The van der Waals surface area contributed by atoms with E-state index in [1.165, 1.54) is 14.2 Å². The number of esters is 1. The van der Waals surface area contributed by atoms with Gasteiger partial charge in [0.1, 0.15) is 23.0 Å². The fourth-order valence-corrected chi connectivity index (χ4v) is 2.36. The zero-order chi connectivity index (χ0) is 21.1. The lowest BCUT2D eigenvalue weighted by Gasteiger charge is -2.12. The van der Waals surface area contributed by atoms with E-state index in [9.17, 15) is 9.59 Å². The van der Waals surface area contributed by atoms with Gasteiger partial charge in [-0.3, -0.25) is 9.59 Å². The minimum Gasteiger partial charge on any atom is -0.497 e. The molecule has 8 heteroatoms. The SMILES string of the molecule is CCOc1ccc(OCCC(=O)OCC(=O)Nc2ccc(OC)cc2OC)cc1. The lowest BCUT2D eigenvalue weighted by atomic mass is 10.2. The summed E-state index contributed by atoms with van der Waals surface area (Å²) in [6.07, 6.45) is 0.0202. The van der Waals surface area contributed by atoms with Crippen molar-refractivity contribution >= 4 is 17.6 Å². The molecule has 29 heavy (non-hydrogen) atoms. The molecule has 0 radical (unpaired) electrons. The molecule has 156 valence electrons. The Morgan fingerprint density at radius 2 is 1.55 bits per heavy atom. The Morgan fingerprint density at radius 1 is 0.897 bits per heavy atom. The molecular formula is C21H25NO7. The molecule has 0 spiro atoms. The van der Waals surface area contributed by atoms with Crippen LogP contribution in [0.5, 0.6) is 23.0 Å². The van der Waals surface area contributed by atoms with Crippen molar-refractivity contribution in [3.05, 3.63) is 42.5 Å². The Morgan fingerprint density at radius 3 is 2.17 bits per heavy atom. The molecule has 0 aliphatic rings. The molecule has 2 aromatic rings. The van der Waals surface area contributed by atoms with Crippen molar-refractivity contribution in [2.45, 2.75) is 13.3 Å². The number of carbonyl (C=O) groups is 2. The maximum absolute atomic E-state index is 12.0. The van der Waals surface area contributed by atoms with Gasteiger partial charge in [0.15, 0.2) is 6.61 Å². The number of methoxy groups -OCH3 is 2. The van der Waals surface area contributed by atoms with Crippen molar-refractivity contribution in [1.29, 1.82) is 0 Å². The average Bonchev–Trinajstić information content (AvgIpc) is 2.74. The van der Waals surface area contributed by atoms with Crippen LogP contribution in [-0.2, 0) is 14.3 Å². The molecule has 1 amide bonds. The summed E-state index contributed by atoms with van der Waals surface area (Å²) in [4.78, 5) is 23.8. The quantitative estimate of drug-likeness (QED) is 0.577. The van der Waals surface area contributed by atoms with E-state index < -0.39 is 18.5 Å². The van der Waals surface area contributed by atoms with Gasteiger partial charge in [0, 0.05) is 6.07 Å². The van der Waals surface area contributed by atoms with Gasteiger partial charge in [-0.05, 0) is 43.3 Å². The summed E-state index contributed by atoms with van der Waals surface area (Å²) in [6, 6.07) is 12.0. The monoisotopic (exact) mass is 403 g/mol. The Kier molecular flexibility index (Phi) is 8.62. The highest BCUT2D eigenvalue weighted by Gasteiger charge is 2.11. The molecule has 0 bridgehead atoms. The fraction of sp³-hybridized carbons (Fsp3) is 0.333. The van der Waals surface area contributed by atoms with Crippen LogP contribution >= 0.6 is 0 Å². The highest BCUT2D eigenvalue weighted by molar-refractivity contribution is 5.94. The summed E-state index contributed by atoms with van der Waals surface area (Å²) in [5.74, 6) is 1.39. The fourth-order valence-electron chi connectivity index (χ4n) is 2.36. The van der Waals surface area contributed by atoms with E-state index in [0.717, 1.165) is 5.75 Å². The van der Waals surface area contributed by atoms with Gasteiger partial charge in [-0.2, -0.15) is 0 Å². The molecule has 0 atom stereocenters. The largest absolute Gasteiger partial charge is 0.497 e. The minimum atomic E-state index is -0.534. The van der Waals surface area contributed by atoms with E-state index in [0.29, 0.717) is 29.5 Å². The molecule has 0 aliphatic heterocycles. The van der Waals surface area contributed by atoms with Crippen molar-refractivity contribution in [1.82, 2.24) is 0 Å². The van der Waals surface area contributed by atoms with Gasteiger partial charge in [-0.25, -0.2) is 0 Å². The Bertz CT molecular complexity index is 805. The highest BCUT2D eigenvalue weighted by Crippen LogP contribution is 2.28. The van der Waals surface area contributed by atoms with Crippen LogP contribution in [0.3, 0.4) is 0 Å². The molecule has 0 unspecified atom stereocenters. The van der Waals surface area contributed by atoms with Gasteiger partial charge >= 0.3 is 5.97 Å². The molecule has 8 nitrogen and oxygen atoms in total. The molecule has 0 saturated carbocycles. The van der Waals surface area contributed by atoms with Crippen LogP contribution in [0.2, 0.25) is 0 Å². The lowest BCUT2D eigenvalue weighted by molar-refractivity contribution is -0.147. The first kappa shape index (κ1) is 21.9. The Labute approximate surface area is 169 Å². The number of rotatable bonds is 11. The summed E-state index contributed by atoms with van der Waals surface area (Å²) in [7, 11) is 3.01. The van der Waals surface area contributed by atoms with E-state index in [-0.39, 0.29) is 13.0 Å². The average molecular weight is 403 g/mol. The molecule has 2 rings (SSSR count). The number of ether oxygens (including phenoxy) is 5. The topological polar surface area (TPSA) is 92.3 Å². The Hall–Kier alpha value is -3.42. The summed E-state index contributed by atoms with van der Waals surface area (Å²) in [5.41, 5.74) is 0.452. The molecule has 0 saturated heterocycles. The lowest BCUT2D eigenvalue weighted by Crippen LogP contribution is -2.22. The second kappa shape index (κ2) is 11.4. The third kappa shape index (κ3) is 7.25. The molecular weight excluding hydrogens is 378 g/mol. The van der Waals surface area contributed by atoms with Crippen molar-refractivity contribution in [2.24, 2.45) is 0 Å². The van der Waals surface area contributed by atoms with E-state index in [2.05, 4.69) is 5.32 Å². The third-order valence-electron chi connectivity index (χ3n) is 3.76. The van der Waals surface area contributed by atoms with Crippen molar-refractivity contribution < 1.29 is 33.3 Å². The smallest absolute Gasteiger partial charge is 0.309 e. The molecule has 0 fully saturated rings. The van der Waals surface area contributed by atoms with Crippen LogP contribution in [0.1, 0.15) is 13.3 Å². The molecule has 2 aromatic carbocycles. The summed E-state index contributed by atoms with van der Waals surface area (Å²) >= 11 is 0. The molecule has 0 aliphatic carbocycles. The zero-order valence-electron chi connectivity index (χ0n) is 16.7. The Balaban J connectivity index is 1.71. The van der Waals surface area contributed by atoms with Gasteiger partial charge < -0.3 is 29.0 Å². The minimum absolute atomic E-state index is 0.0202. The van der Waals surface area contributed by atoms with Gasteiger partial charge in [-0.1, -0.05) is 0 Å².